The highest BCUT2D eigenvalue weighted by atomic mass is 35.5. The summed E-state index contributed by atoms with van der Waals surface area (Å²) in [5.74, 6) is 0.439. The van der Waals surface area contributed by atoms with E-state index in [0.717, 1.165) is 44.5 Å². The summed E-state index contributed by atoms with van der Waals surface area (Å²) in [6, 6.07) is 10.3. The lowest BCUT2D eigenvalue weighted by atomic mass is 9.98. The molecule has 1 saturated carbocycles. The topological polar surface area (TPSA) is 26.8 Å². The average Bonchev–Trinajstić information content (AvgIpc) is 2.83. The van der Waals surface area contributed by atoms with Gasteiger partial charge in [0.15, 0.2) is 0 Å². The Morgan fingerprint density at radius 1 is 1.07 bits per heavy atom. The maximum absolute atomic E-state index is 13.1. The number of anilines is 1. The van der Waals surface area contributed by atoms with Gasteiger partial charge in [-0.2, -0.15) is 0 Å². The molecule has 0 heterocycles. The summed E-state index contributed by atoms with van der Waals surface area (Å²) in [4.78, 5) is 19.6. The van der Waals surface area contributed by atoms with Crippen molar-refractivity contribution in [2.24, 2.45) is 0 Å². The first-order valence-corrected chi connectivity index (χ1v) is 10.8. The van der Waals surface area contributed by atoms with E-state index in [1.54, 1.807) is 0 Å². The van der Waals surface area contributed by atoms with Crippen LogP contribution in [0.3, 0.4) is 0 Å². The fourth-order valence-corrected chi connectivity index (χ4v) is 4.39. The minimum atomic E-state index is 0.0974. The Labute approximate surface area is 174 Å². The number of hydrogen-bond donors (Lipinski definition) is 0. The van der Waals surface area contributed by atoms with Crippen LogP contribution >= 0.6 is 23.2 Å². The van der Waals surface area contributed by atoms with Crippen molar-refractivity contribution in [3.8, 4) is 0 Å². The van der Waals surface area contributed by atoms with E-state index in [0.29, 0.717) is 12.3 Å². The van der Waals surface area contributed by atoms with Gasteiger partial charge in [0.05, 0.1) is 6.04 Å². The molecule has 2 rings (SSSR count). The number of amides is 1. The van der Waals surface area contributed by atoms with E-state index in [9.17, 15) is 4.79 Å². The Hall–Kier alpha value is -0.810. The molecule has 0 N–H and O–H groups in total. The first-order chi connectivity index (χ1) is 12.9. The third kappa shape index (κ3) is 6.63. The van der Waals surface area contributed by atoms with Gasteiger partial charge in [-0.05, 0) is 59.0 Å². The van der Waals surface area contributed by atoms with Crippen molar-refractivity contribution >= 4 is 34.8 Å². The summed E-state index contributed by atoms with van der Waals surface area (Å²) in [6.45, 7) is 1.93. The molecule has 27 heavy (non-hydrogen) atoms. The molecule has 1 aliphatic rings. The zero-order valence-electron chi connectivity index (χ0n) is 16.8. The second kappa shape index (κ2) is 11.3. The molecule has 0 aliphatic heterocycles. The molecular formula is C21H33Cl2N3O. The molecule has 1 aromatic rings. The average molecular weight is 414 g/mol. The number of nitrogens with zero attached hydrogens (tertiary/aromatic N) is 3. The standard InChI is InChI=1S/C21H33Cl2N3O/c1-24(2)14-15-25(3)20-16-17(23)8-7-11-19(20)26(21(27)12-13-22)18-9-5-4-6-10-18/h4-6,9-10,17,19-20H,7-8,11-16H2,1-3H3. The van der Waals surface area contributed by atoms with Crippen LogP contribution < -0.4 is 4.90 Å². The molecule has 0 bridgehead atoms. The number of carbonyl (C=O) groups is 1. The Morgan fingerprint density at radius 3 is 2.41 bits per heavy atom. The summed E-state index contributed by atoms with van der Waals surface area (Å²) in [7, 11) is 6.33. The van der Waals surface area contributed by atoms with Gasteiger partial charge in [0.1, 0.15) is 0 Å². The van der Waals surface area contributed by atoms with Crippen molar-refractivity contribution in [1.29, 1.82) is 0 Å². The number of carbonyl (C=O) groups excluding carboxylic acids is 1. The van der Waals surface area contributed by atoms with Crippen LogP contribution in [0, 0.1) is 0 Å². The van der Waals surface area contributed by atoms with Gasteiger partial charge >= 0.3 is 0 Å². The normalized spacial score (nSPS) is 23.4. The molecule has 3 unspecified atom stereocenters. The Morgan fingerprint density at radius 2 is 1.78 bits per heavy atom. The number of rotatable bonds is 8. The molecule has 0 aromatic heterocycles. The molecular weight excluding hydrogens is 381 g/mol. The van der Waals surface area contributed by atoms with E-state index >= 15 is 0 Å². The number of hydrogen-bond acceptors (Lipinski definition) is 3. The number of likely N-dealkylation sites (N-methyl/N-ethyl adjacent to an activating group) is 2. The van der Waals surface area contributed by atoms with E-state index < -0.39 is 0 Å². The molecule has 1 aromatic carbocycles. The van der Waals surface area contributed by atoms with E-state index in [2.05, 4.69) is 30.9 Å². The quantitative estimate of drug-likeness (QED) is 0.474. The lowest BCUT2D eigenvalue weighted by Gasteiger charge is -2.41. The fourth-order valence-electron chi connectivity index (χ4n) is 3.89. The van der Waals surface area contributed by atoms with Crippen molar-refractivity contribution in [1.82, 2.24) is 9.80 Å². The van der Waals surface area contributed by atoms with E-state index in [1.165, 1.54) is 0 Å². The Bertz CT molecular complexity index is 570. The molecule has 152 valence electrons. The maximum Gasteiger partial charge on any atom is 0.228 e. The number of halogens is 2. The van der Waals surface area contributed by atoms with Gasteiger partial charge in [0.25, 0.3) is 0 Å². The molecule has 4 nitrogen and oxygen atoms in total. The SMILES string of the molecule is CN(C)CCN(C)C1CC(Cl)CCCC1N(C(=O)CCCl)c1ccccc1. The summed E-state index contributed by atoms with van der Waals surface area (Å²) >= 11 is 12.5. The van der Waals surface area contributed by atoms with Crippen molar-refractivity contribution < 1.29 is 4.79 Å². The van der Waals surface area contributed by atoms with Gasteiger partial charge < -0.3 is 14.7 Å². The van der Waals surface area contributed by atoms with Gasteiger partial charge in [-0.15, -0.1) is 23.2 Å². The first kappa shape index (κ1) is 22.5. The smallest absolute Gasteiger partial charge is 0.228 e. The zero-order chi connectivity index (χ0) is 19.8. The summed E-state index contributed by atoms with van der Waals surface area (Å²) in [5, 5.41) is 0.155. The highest BCUT2D eigenvalue weighted by Gasteiger charge is 2.36. The first-order valence-electron chi connectivity index (χ1n) is 9.86. The van der Waals surface area contributed by atoms with E-state index in [4.69, 9.17) is 23.2 Å². The second-order valence-corrected chi connectivity index (χ2v) is 8.72. The number of alkyl halides is 2. The minimum absolute atomic E-state index is 0.0974. The molecule has 0 spiro atoms. The monoisotopic (exact) mass is 413 g/mol. The lowest BCUT2D eigenvalue weighted by molar-refractivity contribution is -0.119. The largest absolute Gasteiger partial charge is 0.308 e. The van der Waals surface area contributed by atoms with Crippen molar-refractivity contribution in [3.05, 3.63) is 30.3 Å². The highest BCUT2D eigenvalue weighted by Crippen LogP contribution is 2.32. The van der Waals surface area contributed by atoms with Crippen molar-refractivity contribution in [2.45, 2.75) is 49.6 Å². The predicted octanol–water partition coefficient (Wildman–Crippen LogP) is 4.06. The Balaban J connectivity index is 2.33. The second-order valence-electron chi connectivity index (χ2n) is 7.72. The minimum Gasteiger partial charge on any atom is -0.308 e. The molecule has 1 fully saturated rings. The highest BCUT2D eigenvalue weighted by molar-refractivity contribution is 6.20. The van der Waals surface area contributed by atoms with Crippen molar-refractivity contribution in [2.75, 3.05) is 45.0 Å². The van der Waals surface area contributed by atoms with Crippen molar-refractivity contribution in [3.63, 3.8) is 0 Å². The fraction of sp³-hybridized carbons (Fsp3) is 0.667. The van der Waals surface area contributed by atoms with Crippen LogP contribution in [0.1, 0.15) is 32.1 Å². The maximum atomic E-state index is 13.1. The predicted molar refractivity (Wildman–Crippen MR) is 116 cm³/mol. The van der Waals surface area contributed by atoms with Crippen LogP contribution in [-0.2, 0) is 4.79 Å². The van der Waals surface area contributed by atoms with Gasteiger partial charge in [-0.25, -0.2) is 0 Å². The number of benzene rings is 1. The van der Waals surface area contributed by atoms with Crippen LogP contribution in [0.2, 0.25) is 0 Å². The summed E-state index contributed by atoms with van der Waals surface area (Å²) < 4.78 is 0. The Kier molecular flexibility index (Phi) is 9.37. The van der Waals surface area contributed by atoms with Crippen LogP contribution in [0.25, 0.3) is 0 Å². The molecule has 6 heteroatoms. The van der Waals surface area contributed by atoms with Crippen LogP contribution in [-0.4, -0.2) is 73.3 Å². The van der Waals surface area contributed by atoms with E-state index in [1.807, 2.05) is 35.2 Å². The van der Waals surface area contributed by atoms with Gasteiger partial charge in [-0.3, -0.25) is 4.79 Å². The number of para-hydroxylation sites is 1. The van der Waals surface area contributed by atoms with Gasteiger partial charge in [0.2, 0.25) is 5.91 Å². The third-order valence-corrected chi connectivity index (χ3v) is 5.95. The molecule has 1 aliphatic carbocycles. The molecule has 0 radical (unpaired) electrons. The van der Waals surface area contributed by atoms with Crippen LogP contribution in [0.15, 0.2) is 30.3 Å². The zero-order valence-corrected chi connectivity index (χ0v) is 18.3. The molecule has 0 saturated heterocycles. The van der Waals surface area contributed by atoms with Crippen LogP contribution in [0.4, 0.5) is 5.69 Å². The van der Waals surface area contributed by atoms with Gasteiger partial charge in [0, 0.05) is 42.5 Å². The summed E-state index contributed by atoms with van der Waals surface area (Å²) in [5.41, 5.74) is 0.955. The van der Waals surface area contributed by atoms with Crippen LogP contribution in [0.5, 0.6) is 0 Å². The molecule has 1 amide bonds. The molecule has 3 atom stereocenters. The van der Waals surface area contributed by atoms with E-state index in [-0.39, 0.29) is 23.4 Å². The van der Waals surface area contributed by atoms with Gasteiger partial charge in [-0.1, -0.05) is 18.2 Å². The lowest BCUT2D eigenvalue weighted by Crippen LogP contribution is -2.54. The third-order valence-electron chi connectivity index (χ3n) is 5.37. The summed E-state index contributed by atoms with van der Waals surface area (Å²) in [6.07, 6.45) is 4.25.